The van der Waals surface area contributed by atoms with Gasteiger partial charge in [0.1, 0.15) is 13.2 Å². The Morgan fingerprint density at radius 2 is 0.635 bits per heavy atom. The average molecular weight is 877 g/mol. The normalized spacial score (nSPS) is 12.7. The number of esters is 3. The van der Waals surface area contributed by atoms with E-state index in [1.165, 1.54) is 103 Å². The van der Waals surface area contributed by atoms with Crippen LogP contribution in [0.2, 0.25) is 0 Å². The first-order chi connectivity index (χ1) is 31.0. The van der Waals surface area contributed by atoms with E-state index in [9.17, 15) is 14.4 Å². The lowest BCUT2D eigenvalue weighted by molar-refractivity contribution is -0.167. The van der Waals surface area contributed by atoms with E-state index in [1.54, 1.807) is 0 Å². The van der Waals surface area contributed by atoms with Gasteiger partial charge in [-0.25, -0.2) is 0 Å². The van der Waals surface area contributed by atoms with Crippen molar-refractivity contribution >= 4 is 17.9 Å². The summed E-state index contributed by atoms with van der Waals surface area (Å²) in [4.78, 5) is 37.9. The van der Waals surface area contributed by atoms with Crippen LogP contribution in [0.5, 0.6) is 0 Å². The monoisotopic (exact) mass is 877 g/mol. The van der Waals surface area contributed by atoms with Gasteiger partial charge in [0.2, 0.25) is 0 Å². The molecule has 1 atom stereocenters. The summed E-state index contributed by atoms with van der Waals surface area (Å²) in [6.07, 6.45) is 65.7. The fourth-order valence-electron chi connectivity index (χ4n) is 6.98. The van der Waals surface area contributed by atoms with Crippen LogP contribution in [-0.4, -0.2) is 37.2 Å². The highest BCUT2D eigenvalue weighted by Gasteiger charge is 2.19. The average Bonchev–Trinajstić information content (AvgIpc) is 3.28. The van der Waals surface area contributed by atoms with Crippen LogP contribution in [0.15, 0.2) is 85.1 Å². The summed E-state index contributed by atoms with van der Waals surface area (Å²) < 4.78 is 16.7. The first-order valence-electron chi connectivity index (χ1n) is 26.1. The summed E-state index contributed by atoms with van der Waals surface area (Å²) in [5.41, 5.74) is 0. The van der Waals surface area contributed by atoms with Gasteiger partial charge in [-0.05, 0) is 89.9 Å². The maximum Gasteiger partial charge on any atom is 0.306 e. The van der Waals surface area contributed by atoms with Crippen molar-refractivity contribution < 1.29 is 28.6 Å². The predicted octanol–water partition coefficient (Wildman–Crippen LogP) is 17.2. The van der Waals surface area contributed by atoms with Crippen LogP contribution in [0.3, 0.4) is 0 Å². The van der Waals surface area contributed by atoms with Gasteiger partial charge in [-0.15, -0.1) is 0 Å². The molecule has 6 nitrogen and oxygen atoms in total. The molecule has 6 heteroatoms. The second-order valence-electron chi connectivity index (χ2n) is 17.1. The summed E-state index contributed by atoms with van der Waals surface area (Å²) in [5, 5.41) is 0. The predicted molar refractivity (Wildman–Crippen MR) is 270 cm³/mol. The largest absolute Gasteiger partial charge is 0.462 e. The molecule has 0 aliphatic rings. The van der Waals surface area contributed by atoms with E-state index in [0.29, 0.717) is 19.3 Å². The zero-order valence-corrected chi connectivity index (χ0v) is 41.1. The zero-order chi connectivity index (χ0) is 45.8. The molecule has 0 rings (SSSR count). The van der Waals surface area contributed by atoms with Gasteiger partial charge in [0.05, 0.1) is 0 Å². The third-order valence-electron chi connectivity index (χ3n) is 10.9. The van der Waals surface area contributed by atoms with Gasteiger partial charge in [0, 0.05) is 19.3 Å². The van der Waals surface area contributed by atoms with Crippen LogP contribution in [0, 0.1) is 0 Å². The molecule has 0 aromatic rings. The van der Waals surface area contributed by atoms with Gasteiger partial charge in [-0.3, -0.25) is 14.4 Å². The first-order valence-corrected chi connectivity index (χ1v) is 26.1. The minimum Gasteiger partial charge on any atom is -0.462 e. The second kappa shape index (κ2) is 51.2. The first kappa shape index (κ1) is 59.6. The molecule has 0 spiro atoms. The lowest BCUT2D eigenvalue weighted by Gasteiger charge is -2.18. The molecule has 1 unspecified atom stereocenters. The fraction of sp³-hybridized carbons (Fsp3) is 0.702. The number of rotatable bonds is 46. The molecule has 0 fully saturated rings. The van der Waals surface area contributed by atoms with Crippen LogP contribution >= 0.6 is 0 Å². The number of hydrogen-bond acceptors (Lipinski definition) is 6. The standard InChI is InChI=1S/C57H96O6/c1-4-7-10-13-16-19-22-24-26-28-30-31-33-35-38-41-44-47-50-56(59)62-53-54(52-61-55(58)49-46-43-40-37-21-18-15-12-9-6-3)63-57(60)51-48-45-42-39-36-34-32-29-27-25-23-20-17-14-11-8-5-2/h8,11,17,19-20,22,25-28,32,34,39,42,54H,4-7,9-10,12-16,18,21,23-24,29-31,33,35-38,40-41,43-53H2,1-3H3/b11-8-,20-17-,22-19-,27-25-,28-26-,34-32-,42-39-. The van der Waals surface area contributed by atoms with Crippen molar-refractivity contribution in [3.63, 3.8) is 0 Å². The van der Waals surface area contributed by atoms with Crippen molar-refractivity contribution in [2.45, 2.75) is 245 Å². The van der Waals surface area contributed by atoms with E-state index in [1.807, 2.05) is 0 Å². The van der Waals surface area contributed by atoms with Gasteiger partial charge in [-0.1, -0.05) is 215 Å². The lowest BCUT2D eigenvalue weighted by Crippen LogP contribution is -2.30. The van der Waals surface area contributed by atoms with Crippen LogP contribution in [0.4, 0.5) is 0 Å². The second-order valence-corrected chi connectivity index (χ2v) is 17.1. The Bertz CT molecular complexity index is 1240. The van der Waals surface area contributed by atoms with Crippen molar-refractivity contribution in [3.05, 3.63) is 85.1 Å². The van der Waals surface area contributed by atoms with E-state index in [4.69, 9.17) is 14.2 Å². The quantitative estimate of drug-likeness (QED) is 0.0262. The topological polar surface area (TPSA) is 78.9 Å². The van der Waals surface area contributed by atoms with Crippen LogP contribution in [0.1, 0.15) is 239 Å². The Labute approximate surface area is 388 Å². The molecule has 0 radical (unpaired) electrons. The van der Waals surface area contributed by atoms with Gasteiger partial charge in [0.15, 0.2) is 6.10 Å². The number of hydrogen-bond donors (Lipinski definition) is 0. The molecule has 0 amide bonds. The fourth-order valence-corrected chi connectivity index (χ4v) is 6.98. The lowest BCUT2D eigenvalue weighted by atomic mass is 10.1. The molecule has 0 aliphatic carbocycles. The molecular weight excluding hydrogens is 781 g/mol. The summed E-state index contributed by atoms with van der Waals surface area (Å²) in [7, 11) is 0. The van der Waals surface area contributed by atoms with Crippen molar-refractivity contribution in [1.82, 2.24) is 0 Å². The highest BCUT2D eigenvalue weighted by atomic mass is 16.6. The van der Waals surface area contributed by atoms with Gasteiger partial charge in [0.25, 0.3) is 0 Å². The molecular formula is C57H96O6. The highest BCUT2D eigenvalue weighted by molar-refractivity contribution is 5.71. The number of unbranched alkanes of at least 4 members (excludes halogenated alkanes) is 21. The Morgan fingerprint density at radius 1 is 0.333 bits per heavy atom. The molecule has 0 aliphatic heterocycles. The number of carbonyl (C=O) groups excluding carboxylic acids is 3. The molecule has 63 heavy (non-hydrogen) atoms. The third kappa shape index (κ3) is 49.5. The van der Waals surface area contributed by atoms with Crippen LogP contribution in [-0.2, 0) is 28.6 Å². The van der Waals surface area contributed by atoms with Gasteiger partial charge < -0.3 is 14.2 Å². The minimum absolute atomic E-state index is 0.101. The molecule has 0 N–H and O–H groups in total. The molecule has 0 saturated heterocycles. The summed E-state index contributed by atoms with van der Waals surface area (Å²) in [5.74, 6) is -0.969. The molecule has 0 bridgehead atoms. The van der Waals surface area contributed by atoms with E-state index in [0.717, 1.165) is 89.9 Å². The molecule has 0 saturated carbocycles. The zero-order valence-electron chi connectivity index (χ0n) is 41.1. The molecule has 0 aromatic carbocycles. The van der Waals surface area contributed by atoms with Gasteiger partial charge in [-0.2, -0.15) is 0 Å². The number of carbonyl (C=O) groups is 3. The van der Waals surface area contributed by atoms with Gasteiger partial charge >= 0.3 is 17.9 Å². The highest BCUT2D eigenvalue weighted by Crippen LogP contribution is 2.14. The van der Waals surface area contributed by atoms with Crippen molar-refractivity contribution in [3.8, 4) is 0 Å². The number of ether oxygens (including phenoxy) is 3. The third-order valence-corrected chi connectivity index (χ3v) is 10.9. The Kier molecular flexibility index (Phi) is 48.5. The summed E-state index contributed by atoms with van der Waals surface area (Å²) in [6.45, 7) is 6.44. The molecule has 360 valence electrons. The van der Waals surface area contributed by atoms with Crippen molar-refractivity contribution in [2.75, 3.05) is 13.2 Å². The van der Waals surface area contributed by atoms with E-state index >= 15 is 0 Å². The van der Waals surface area contributed by atoms with Crippen LogP contribution in [0.25, 0.3) is 0 Å². The molecule has 0 aromatic heterocycles. The summed E-state index contributed by atoms with van der Waals surface area (Å²) in [6, 6.07) is 0. The Balaban J connectivity index is 4.45. The van der Waals surface area contributed by atoms with Crippen LogP contribution < -0.4 is 0 Å². The Hall–Kier alpha value is -3.41. The summed E-state index contributed by atoms with van der Waals surface area (Å²) >= 11 is 0. The number of allylic oxidation sites excluding steroid dienone is 14. The van der Waals surface area contributed by atoms with E-state index in [-0.39, 0.29) is 37.5 Å². The maximum absolute atomic E-state index is 12.8. The minimum atomic E-state index is -0.807. The van der Waals surface area contributed by atoms with Crippen molar-refractivity contribution in [2.24, 2.45) is 0 Å². The van der Waals surface area contributed by atoms with Crippen molar-refractivity contribution in [1.29, 1.82) is 0 Å². The maximum atomic E-state index is 12.8. The Morgan fingerprint density at radius 3 is 1.03 bits per heavy atom. The smallest absolute Gasteiger partial charge is 0.306 e. The van der Waals surface area contributed by atoms with E-state index < -0.39 is 6.10 Å². The SMILES string of the molecule is CC/C=C\C/C=C\C/C=C\C/C=C\C/C=C\CCCC(=O)OC(COC(=O)CCCCCCCCC/C=C\C/C=C\CCCCCC)COC(=O)CCCCCCCCCCCC. The molecule has 0 heterocycles. The van der Waals surface area contributed by atoms with E-state index in [2.05, 4.69) is 106 Å².